The molecule has 1 saturated heterocycles. The summed E-state index contributed by atoms with van der Waals surface area (Å²) in [6.45, 7) is 1.45. The van der Waals surface area contributed by atoms with Gasteiger partial charge in [-0.2, -0.15) is 0 Å². The Labute approximate surface area is 174 Å². The zero-order valence-electron chi connectivity index (χ0n) is 15.9. The lowest BCUT2D eigenvalue weighted by atomic mass is 10.2. The van der Waals surface area contributed by atoms with Crippen LogP contribution in [0.15, 0.2) is 35.4 Å². The van der Waals surface area contributed by atoms with Gasteiger partial charge in [0.05, 0.1) is 28.9 Å². The van der Waals surface area contributed by atoms with E-state index in [1.54, 1.807) is 0 Å². The molecule has 0 spiro atoms. The first-order valence-corrected chi connectivity index (χ1v) is 11.0. The van der Waals surface area contributed by atoms with Crippen LogP contribution in [-0.2, 0) is 10.0 Å². The van der Waals surface area contributed by atoms with E-state index in [0.29, 0.717) is 11.6 Å². The number of hydrogen-bond acceptors (Lipinski definition) is 6. The van der Waals surface area contributed by atoms with Crippen molar-refractivity contribution in [3.63, 3.8) is 0 Å². The first-order chi connectivity index (χ1) is 13.8. The molecule has 1 aromatic heterocycles. The fourth-order valence-corrected chi connectivity index (χ4v) is 4.62. The summed E-state index contributed by atoms with van der Waals surface area (Å²) in [5, 5.41) is 9.77. The molecular formula is C19H22ClN3O5S. The molecule has 1 aliphatic rings. The number of aromatic nitrogens is 1. The number of carboxylic acids is 1. The Balaban J connectivity index is 1.90. The van der Waals surface area contributed by atoms with Gasteiger partial charge in [-0.1, -0.05) is 24.4 Å². The van der Waals surface area contributed by atoms with E-state index in [0.717, 1.165) is 38.8 Å². The highest BCUT2D eigenvalue weighted by Crippen LogP contribution is 2.29. The summed E-state index contributed by atoms with van der Waals surface area (Å²) in [6, 6.07) is 5.35. The van der Waals surface area contributed by atoms with Gasteiger partial charge in [0, 0.05) is 13.1 Å². The maximum absolute atomic E-state index is 12.7. The molecule has 3 rings (SSSR count). The molecule has 29 heavy (non-hydrogen) atoms. The highest BCUT2D eigenvalue weighted by Gasteiger charge is 2.22. The van der Waals surface area contributed by atoms with E-state index in [9.17, 15) is 18.3 Å². The average molecular weight is 440 g/mol. The molecule has 1 fully saturated rings. The van der Waals surface area contributed by atoms with Crippen LogP contribution in [0.25, 0.3) is 0 Å². The molecule has 0 radical (unpaired) electrons. The van der Waals surface area contributed by atoms with E-state index in [1.807, 2.05) is 4.90 Å². The number of hydrogen-bond donors (Lipinski definition) is 2. The van der Waals surface area contributed by atoms with Gasteiger partial charge in [0.15, 0.2) is 0 Å². The molecule has 0 aliphatic carbocycles. The summed E-state index contributed by atoms with van der Waals surface area (Å²) in [7, 11) is -2.55. The van der Waals surface area contributed by atoms with Crippen molar-refractivity contribution in [2.75, 3.05) is 29.8 Å². The van der Waals surface area contributed by atoms with Gasteiger partial charge in [-0.3, -0.25) is 4.72 Å². The molecule has 2 aromatic rings. The number of nitrogens with one attached hydrogen (secondary N) is 1. The van der Waals surface area contributed by atoms with Gasteiger partial charge in [-0.25, -0.2) is 18.2 Å². The molecule has 0 atom stereocenters. The van der Waals surface area contributed by atoms with Crippen molar-refractivity contribution in [2.45, 2.75) is 30.6 Å². The molecule has 1 aromatic carbocycles. The minimum Gasteiger partial charge on any atom is -0.495 e. The van der Waals surface area contributed by atoms with Gasteiger partial charge in [0.1, 0.15) is 17.1 Å². The predicted molar refractivity (Wildman–Crippen MR) is 111 cm³/mol. The van der Waals surface area contributed by atoms with E-state index < -0.39 is 16.0 Å². The lowest BCUT2D eigenvalue weighted by Crippen LogP contribution is -2.27. The van der Waals surface area contributed by atoms with Crippen LogP contribution < -0.4 is 14.4 Å². The van der Waals surface area contributed by atoms with Gasteiger partial charge in [-0.05, 0) is 37.1 Å². The number of rotatable bonds is 6. The number of carboxylic acid groups (broad SMARTS) is 1. The van der Waals surface area contributed by atoms with E-state index in [1.165, 1.54) is 37.6 Å². The monoisotopic (exact) mass is 439 g/mol. The van der Waals surface area contributed by atoms with Crippen molar-refractivity contribution in [2.24, 2.45) is 0 Å². The van der Waals surface area contributed by atoms with Crippen LogP contribution in [0.3, 0.4) is 0 Å². The molecule has 0 saturated carbocycles. The van der Waals surface area contributed by atoms with E-state index in [4.69, 9.17) is 16.3 Å². The number of anilines is 2. The zero-order valence-corrected chi connectivity index (χ0v) is 17.5. The lowest BCUT2D eigenvalue weighted by Gasteiger charge is -2.23. The molecule has 0 amide bonds. The van der Waals surface area contributed by atoms with Crippen LogP contribution in [0.1, 0.15) is 36.0 Å². The van der Waals surface area contributed by atoms with E-state index in [2.05, 4.69) is 9.71 Å². The first-order valence-electron chi connectivity index (χ1n) is 9.16. The molecule has 2 N–H and O–H groups in total. The molecule has 156 valence electrons. The van der Waals surface area contributed by atoms with Gasteiger partial charge in [-0.15, -0.1) is 0 Å². The number of carbonyl (C=O) groups is 1. The molecule has 10 heteroatoms. The number of pyridine rings is 1. The predicted octanol–water partition coefficient (Wildman–Crippen LogP) is 3.62. The van der Waals surface area contributed by atoms with Crippen molar-refractivity contribution in [3.05, 3.63) is 41.0 Å². The van der Waals surface area contributed by atoms with Crippen molar-refractivity contribution < 1.29 is 23.1 Å². The Morgan fingerprint density at radius 3 is 2.48 bits per heavy atom. The summed E-state index contributed by atoms with van der Waals surface area (Å²) >= 11 is 6.01. The molecule has 8 nitrogen and oxygen atoms in total. The quantitative estimate of drug-likeness (QED) is 0.707. The lowest BCUT2D eigenvalue weighted by molar-refractivity contribution is 0.0697. The molecule has 0 unspecified atom stereocenters. The third kappa shape index (κ3) is 4.91. The van der Waals surface area contributed by atoms with Crippen molar-refractivity contribution >= 4 is 39.1 Å². The van der Waals surface area contributed by atoms with Crippen LogP contribution in [0.4, 0.5) is 11.5 Å². The second kappa shape index (κ2) is 8.87. The van der Waals surface area contributed by atoms with Crippen molar-refractivity contribution in [1.82, 2.24) is 4.98 Å². The molecule has 0 bridgehead atoms. The smallest absolute Gasteiger partial charge is 0.339 e. The third-order valence-electron chi connectivity index (χ3n) is 4.69. The minimum atomic E-state index is -3.98. The Morgan fingerprint density at radius 1 is 1.21 bits per heavy atom. The third-order valence-corrected chi connectivity index (χ3v) is 6.36. The summed E-state index contributed by atoms with van der Waals surface area (Å²) in [6.07, 6.45) is 5.46. The highest BCUT2D eigenvalue weighted by molar-refractivity contribution is 7.92. The second-order valence-electron chi connectivity index (χ2n) is 6.70. The SMILES string of the molecule is COc1ccc(S(=O)(=O)Nc2cnc(N3CCCCCC3)c(C(=O)O)c2)cc1Cl. The van der Waals surface area contributed by atoms with Crippen LogP contribution in [-0.4, -0.2) is 44.7 Å². The topological polar surface area (TPSA) is 109 Å². The number of benzene rings is 1. The number of methoxy groups -OCH3 is 1. The van der Waals surface area contributed by atoms with Crippen molar-refractivity contribution in [3.8, 4) is 5.75 Å². The average Bonchev–Trinajstić information content (AvgIpc) is 2.97. The van der Waals surface area contributed by atoms with Crippen LogP contribution >= 0.6 is 11.6 Å². The molecule has 1 aliphatic heterocycles. The highest BCUT2D eigenvalue weighted by atomic mass is 35.5. The number of halogens is 1. The van der Waals surface area contributed by atoms with Gasteiger partial charge >= 0.3 is 5.97 Å². The number of ether oxygens (including phenoxy) is 1. The summed E-state index contributed by atoms with van der Waals surface area (Å²) in [5.41, 5.74) is 0.0211. The minimum absolute atomic E-state index is 0.0418. The maximum atomic E-state index is 12.7. The van der Waals surface area contributed by atoms with Gasteiger partial charge < -0.3 is 14.7 Å². The maximum Gasteiger partial charge on any atom is 0.339 e. The van der Waals surface area contributed by atoms with E-state index >= 15 is 0 Å². The number of aromatic carboxylic acids is 1. The summed E-state index contributed by atoms with van der Waals surface area (Å²) in [5.74, 6) is -0.456. The normalized spacial score (nSPS) is 14.9. The first kappa shape index (κ1) is 21.2. The molecule has 2 heterocycles. The Hall–Kier alpha value is -2.52. The fraction of sp³-hybridized carbons (Fsp3) is 0.368. The summed E-state index contributed by atoms with van der Waals surface area (Å²) < 4.78 is 32.7. The number of nitrogens with zero attached hydrogens (tertiary/aromatic N) is 2. The van der Waals surface area contributed by atoms with Crippen LogP contribution in [0.5, 0.6) is 5.75 Å². The van der Waals surface area contributed by atoms with Crippen LogP contribution in [0, 0.1) is 0 Å². The Morgan fingerprint density at radius 2 is 1.90 bits per heavy atom. The standard InChI is InChI=1S/C19H22ClN3O5S/c1-28-17-7-6-14(11-16(17)20)29(26,27)22-13-10-15(19(24)25)18(21-12-13)23-8-4-2-3-5-9-23/h6-7,10-12,22H,2-5,8-9H2,1H3,(H,24,25). The summed E-state index contributed by atoms with van der Waals surface area (Å²) in [4.78, 5) is 17.9. The van der Waals surface area contributed by atoms with Gasteiger partial charge in [0.25, 0.3) is 10.0 Å². The Bertz CT molecular complexity index is 1000. The fourth-order valence-electron chi connectivity index (χ4n) is 3.23. The van der Waals surface area contributed by atoms with Crippen molar-refractivity contribution in [1.29, 1.82) is 0 Å². The zero-order chi connectivity index (χ0) is 21.0. The Kier molecular flexibility index (Phi) is 6.49. The van der Waals surface area contributed by atoms with E-state index in [-0.39, 0.29) is 21.2 Å². The van der Waals surface area contributed by atoms with Gasteiger partial charge in [0.2, 0.25) is 0 Å². The molecular weight excluding hydrogens is 418 g/mol. The number of sulfonamides is 1. The van der Waals surface area contributed by atoms with Crippen LogP contribution in [0.2, 0.25) is 5.02 Å². The second-order valence-corrected chi connectivity index (χ2v) is 8.79. The largest absolute Gasteiger partial charge is 0.495 e.